The van der Waals surface area contributed by atoms with Crippen LogP contribution in [-0.4, -0.2) is 32.5 Å². The van der Waals surface area contributed by atoms with E-state index in [0.717, 1.165) is 10.8 Å². The summed E-state index contributed by atoms with van der Waals surface area (Å²) in [4.78, 5) is 14.7. The fourth-order valence-corrected chi connectivity index (χ4v) is 3.59. The smallest absolute Gasteiger partial charge is 0.285 e. The van der Waals surface area contributed by atoms with E-state index >= 15 is 0 Å². The van der Waals surface area contributed by atoms with Crippen LogP contribution in [-0.2, 0) is 0 Å². The Kier molecular flexibility index (Phi) is 1.97. The minimum Gasteiger partial charge on any atom is -0.285 e. The zero-order valence-corrected chi connectivity index (χ0v) is 9.83. The molecule has 2 heterocycles. The molecule has 1 aromatic heterocycles. The molecule has 1 aromatic carbocycles. The fraction of sp³-hybridized carbons (Fsp3) is 0.273. The summed E-state index contributed by atoms with van der Waals surface area (Å²) in [7, 11) is -0.750. The first kappa shape index (κ1) is 9.72. The molecule has 1 saturated heterocycles. The number of hydrogen-bond acceptors (Lipinski definition) is 2. The third kappa shape index (κ3) is 1.48. The van der Waals surface area contributed by atoms with Gasteiger partial charge in [0.05, 0.1) is 5.69 Å². The Morgan fingerprint density at radius 1 is 1.31 bits per heavy atom. The standard InChI is InChI=1S/C11H13N3OS/c1-16(7-8-16)10-12-11(15)14(13-10)9-5-3-2-4-6-9/h2-6H,7-8H2,1H3,(H,12,13,15). The van der Waals surface area contributed by atoms with Gasteiger partial charge in [0, 0.05) is 0 Å². The van der Waals surface area contributed by atoms with Gasteiger partial charge < -0.3 is 0 Å². The number of H-pyrrole nitrogens is 1. The lowest BCUT2D eigenvalue weighted by molar-refractivity contribution is 0.813. The summed E-state index contributed by atoms with van der Waals surface area (Å²) in [5.41, 5.74) is 0.681. The van der Waals surface area contributed by atoms with E-state index in [9.17, 15) is 4.79 Å². The molecule has 0 atom stereocenters. The van der Waals surface area contributed by atoms with E-state index in [2.05, 4.69) is 16.3 Å². The molecule has 0 amide bonds. The lowest BCUT2D eigenvalue weighted by atomic mass is 10.3. The van der Waals surface area contributed by atoms with Gasteiger partial charge in [-0.3, -0.25) is 4.98 Å². The predicted octanol–water partition coefficient (Wildman–Crippen LogP) is 1.37. The van der Waals surface area contributed by atoms with Crippen LogP contribution in [0.1, 0.15) is 0 Å². The number of hydrogen-bond donors (Lipinski definition) is 1. The van der Waals surface area contributed by atoms with Gasteiger partial charge in [-0.25, -0.2) is 4.79 Å². The molecular formula is C11H13N3OS. The molecule has 5 heteroatoms. The number of aromatic amines is 1. The first-order valence-corrected chi connectivity index (χ1v) is 7.55. The largest absolute Gasteiger partial charge is 0.348 e. The molecule has 0 saturated carbocycles. The molecule has 0 radical (unpaired) electrons. The van der Waals surface area contributed by atoms with Crippen molar-refractivity contribution in [3.8, 4) is 5.69 Å². The summed E-state index contributed by atoms with van der Waals surface area (Å²) in [5, 5.41) is 5.29. The number of nitrogens with one attached hydrogen (secondary N) is 1. The monoisotopic (exact) mass is 235 g/mol. The van der Waals surface area contributed by atoms with Gasteiger partial charge in [-0.15, -0.1) is 5.10 Å². The zero-order valence-electron chi connectivity index (χ0n) is 9.01. The third-order valence-corrected chi connectivity index (χ3v) is 5.63. The lowest BCUT2D eigenvalue weighted by Gasteiger charge is -2.06. The van der Waals surface area contributed by atoms with Gasteiger partial charge in [0.15, 0.2) is 5.16 Å². The van der Waals surface area contributed by atoms with E-state index in [0.29, 0.717) is 0 Å². The van der Waals surface area contributed by atoms with Gasteiger partial charge in [0.1, 0.15) is 0 Å². The molecule has 0 spiro atoms. The van der Waals surface area contributed by atoms with Crippen LogP contribution in [0.4, 0.5) is 0 Å². The Bertz CT molecular complexity index is 568. The van der Waals surface area contributed by atoms with Crippen molar-refractivity contribution in [3.63, 3.8) is 0 Å². The Hall–Kier alpha value is -1.49. The minimum absolute atomic E-state index is 0.137. The molecule has 1 N–H and O–H groups in total. The SMILES string of the molecule is CS1(c2nn(-c3ccccc3)c(=O)[nH]2)CC1. The van der Waals surface area contributed by atoms with Crippen LogP contribution in [0.15, 0.2) is 40.3 Å². The van der Waals surface area contributed by atoms with Crippen molar-refractivity contribution in [2.24, 2.45) is 0 Å². The minimum atomic E-state index is -0.750. The molecule has 1 aliphatic rings. The summed E-state index contributed by atoms with van der Waals surface area (Å²) in [5.74, 6) is 2.38. The Morgan fingerprint density at radius 2 is 2.00 bits per heavy atom. The highest BCUT2D eigenvalue weighted by Crippen LogP contribution is 2.62. The van der Waals surface area contributed by atoms with Crippen LogP contribution in [0, 0.1) is 0 Å². The first-order chi connectivity index (χ1) is 7.69. The number of nitrogens with zero attached hydrogens (tertiary/aromatic N) is 2. The van der Waals surface area contributed by atoms with Crippen LogP contribution >= 0.6 is 10.0 Å². The molecule has 1 aliphatic heterocycles. The average Bonchev–Trinajstić information content (AvgIpc) is 2.92. The van der Waals surface area contributed by atoms with Crippen LogP contribution in [0.3, 0.4) is 0 Å². The maximum Gasteiger partial charge on any atom is 0.348 e. The highest BCUT2D eigenvalue weighted by atomic mass is 32.3. The highest BCUT2D eigenvalue weighted by Gasteiger charge is 2.37. The third-order valence-electron chi connectivity index (χ3n) is 2.88. The summed E-state index contributed by atoms with van der Waals surface area (Å²) >= 11 is 0. The van der Waals surface area contributed by atoms with Gasteiger partial charge in [-0.1, -0.05) is 18.2 Å². The number of rotatable bonds is 2. The molecule has 0 aliphatic carbocycles. The Balaban J connectivity index is 2.09. The predicted molar refractivity (Wildman–Crippen MR) is 65.7 cm³/mol. The second kappa shape index (κ2) is 3.25. The topological polar surface area (TPSA) is 50.7 Å². The summed E-state index contributed by atoms with van der Waals surface area (Å²) in [6.07, 6.45) is 2.21. The maximum absolute atomic E-state index is 11.8. The second-order valence-corrected chi connectivity index (χ2v) is 7.92. The molecule has 84 valence electrons. The normalized spacial score (nSPS) is 19.3. The number of aromatic nitrogens is 3. The Morgan fingerprint density at radius 3 is 2.62 bits per heavy atom. The van der Waals surface area contributed by atoms with Gasteiger partial charge >= 0.3 is 5.69 Å². The van der Waals surface area contributed by atoms with E-state index in [4.69, 9.17) is 0 Å². The summed E-state index contributed by atoms with van der Waals surface area (Å²) in [6, 6.07) is 9.51. The van der Waals surface area contributed by atoms with E-state index in [1.165, 1.54) is 16.2 Å². The van der Waals surface area contributed by atoms with E-state index < -0.39 is 10.0 Å². The van der Waals surface area contributed by atoms with Crippen molar-refractivity contribution >= 4 is 10.0 Å². The van der Waals surface area contributed by atoms with Gasteiger partial charge in [0.2, 0.25) is 0 Å². The zero-order chi connectivity index (χ0) is 11.2. The van der Waals surface area contributed by atoms with Gasteiger partial charge in [-0.05, 0) is 29.9 Å². The van der Waals surface area contributed by atoms with Crippen molar-refractivity contribution in [1.29, 1.82) is 0 Å². The quantitative estimate of drug-likeness (QED) is 0.799. The first-order valence-electron chi connectivity index (χ1n) is 5.18. The molecule has 3 rings (SSSR count). The van der Waals surface area contributed by atoms with Crippen molar-refractivity contribution in [1.82, 2.24) is 14.8 Å². The summed E-state index contributed by atoms with van der Waals surface area (Å²) in [6.45, 7) is 0. The highest BCUT2D eigenvalue weighted by molar-refractivity contribution is 8.38. The lowest BCUT2D eigenvalue weighted by Crippen LogP contribution is -2.15. The second-order valence-electron chi connectivity index (χ2n) is 4.17. The number of benzene rings is 1. The van der Waals surface area contributed by atoms with Crippen LogP contribution in [0.2, 0.25) is 0 Å². The molecule has 4 nitrogen and oxygen atoms in total. The molecular weight excluding hydrogens is 222 g/mol. The van der Waals surface area contributed by atoms with Crippen molar-refractivity contribution in [2.75, 3.05) is 17.8 Å². The molecule has 16 heavy (non-hydrogen) atoms. The van der Waals surface area contributed by atoms with E-state index in [1.807, 2.05) is 30.3 Å². The maximum atomic E-state index is 11.8. The molecule has 1 fully saturated rings. The summed E-state index contributed by atoms with van der Waals surface area (Å²) < 4.78 is 1.45. The van der Waals surface area contributed by atoms with Gasteiger partial charge in [-0.2, -0.15) is 14.7 Å². The fourth-order valence-electron chi connectivity index (χ4n) is 1.59. The van der Waals surface area contributed by atoms with Crippen molar-refractivity contribution in [2.45, 2.75) is 5.16 Å². The van der Waals surface area contributed by atoms with Crippen LogP contribution < -0.4 is 5.69 Å². The molecule has 0 bridgehead atoms. The van der Waals surface area contributed by atoms with Gasteiger partial charge in [0.25, 0.3) is 0 Å². The van der Waals surface area contributed by atoms with Crippen molar-refractivity contribution in [3.05, 3.63) is 40.8 Å². The van der Waals surface area contributed by atoms with Crippen LogP contribution in [0.25, 0.3) is 5.69 Å². The number of para-hydroxylation sites is 1. The molecule has 2 aromatic rings. The average molecular weight is 235 g/mol. The van der Waals surface area contributed by atoms with Crippen LogP contribution in [0.5, 0.6) is 0 Å². The van der Waals surface area contributed by atoms with E-state index in [-0.39, 0.29) is 5.69 Å². The molecule has 0 unspecified atom stereocenters. The Labute approximate surface area is 94.6 Å². The van der Waals surface area contributed by atoms with Crippen molar-refractivity contribution < 1.29 is 0 Å². The van der Waals surface area contributed by atoms with E-state index in [1.54, 1.807) is 0 Å².